The van der Waals surface area contributed by atoms with Crippen LogP contribution in [0.1, 0.15) is 48.0 Å². The quantitative estimate of drug-likeness (QED) is 0.709. The second-order valence-corrected chi connectivity index (χ2v) is 4.85. The van der Waals surface area contributed by atoms with Crippen molar-refractivity contribution in [3.63, 3.8) is 0 Å². The van der Waals surface area contributed by atoms with Crippen LogP contribution in [0.15, 0.2) is 0 Å². The summed E-state index contributed by atoms with van der Waals surface area (Å²) in [6.45, 7) is 12.3. The van der Waals surface area contributed by atoms with Gasteiger partial charge in [0.15, 0.2) is 0 Å². The predicted octanol–water partition coefficient (Wildman–Crippen LogP) is 1.92. The first-order chi connectivity index (χ1) is 6.88. The van der Waals surface area contributed by atoms with Gasteiger partial charge >= 0.3 is 0 Å². The van der Waals surface area contributed by atoms with Gasteiger partial charge in [0.25, 0.3) is 0 Å². The van der Waals surface area contributed by atoms with Gasteiger partial charge in [0.05, 0.1) is 6.04 Å². The van der Waals surface area contributed by atoms with Crippen LogP contribution in [-0.2, 0) is 4.79 Å². The molecule has 0 aliphatic rings. The van der Waals surface area contributed by atoms with Crippen LogP contribution in [0.5, 0.6) is 0 Å². The number of hydrogen-bond donors (Lipinski definition) is 2. The molecule has 0 aliphatic carbocycles. The Hall–Kier alpha value is -0.570. The number of rotatable bonds is 6. The second-order valence-electron chi connectivity index (χ2n) is 4.85. The third-order valence-electron chi connectivity index (χ3n) is 2.44. The third-order valence-corrected chi connectivity index (χ3v) is 2.44. The van der Waals surface area contributed by atoms with Crippen LogP contribution in [0.4, 0.5) is 0 Å². The van der Waals surface area contributed by atoms with Crippen LogP contribution >= 0.6 is 0 Å². The molecule has 0 radical (unpaired) electrons. The molecule has 0 bridgehead atoms. The van der Waals surface area contributed by atoms with Crippen molar-refractivity contribution in [2.75, 3.05) is 0 Å². The fourth-order valence-corrected chi connectivity index (χ4v) is 1.47. The summed E-state index contributed by atoms with van der Waals surface area (Å²) in [5, 5.41) is 6.29. The summed E-state index contributed by atoms with van der Waals surface area (Å²) in [4.78, 5) is 11.9. The number of amides is 1. The van der Waals surface area contributed by atoms with Crippen LogP contribution in [0.25, 0.3) is 0 Å². The maximum Gasteiger partial charge on any atom is 0.237 e. The summed E-state index contributed by atoms with van der Waals surface area (Å²) >= 11 is 0. The maximum absolute atomic E-state index is 11.9. The van der Waals surface area contributed by atoms with Gasteiger partial charge in [0.2, 0.25) is 5.91 Å². The van der Waals surface area contributed by atoms with Gasteiger partial charge in [-0.15, -0.1) is 0 Å². The molecule has 90 valence electrons. The highest BCUT2D eigenvalue weighted by molar-refractivity contribution is 5.82. The van der Waals surface area contributed by atoms with Gasteiger partial charge in [-0.3, -0.25) is 4.79 Å². The van der Waals surface area contributed by atoms with Crippen LogP contribution in [-0.4, -0.2) is 24.0 Å². The molecule has 0 aliphatic heterocycles. The van der Waals surface area contributed by atoms with Gasteiger partial charge in [0.1, 0.15) is 0 Å². The highest BCUT2D eigenvalue weighted by atomic mass is 16.2. The van der Waals surface area contributed by atoms with E-state index in [0.717, 1.165) is 6.42 Å². The molecule has 0 rings (SSSR count). The smallest absolute Gasteiger partial charge is 0.237 e. The lowest BCUT2D eigenvalue weighted by molar-refractivity contribution is -0.125. The zero-order valence-electron chi connectivity index (χ0n) is 10.9. The molecule has 3 heteroatoms. The van der Waals surface area contributed by atoms with E-state index in [1.807, 2.05) is 13.8 Å². The lowest BCUT2D eigenvalue weighted by atomic mass is 9.97. The first kappa shape index (κ1) is 14.4. The van der Waals surface area contributed by atoms with Crippen molar-refractivity contribution in [2.45, 2.75) is 66.1 Å². The molecule has 2 unspecified atom stereocenters. The van der Waals surface area contributed by atoms with Crippen LogP contribution in [0.2, 0.25) is 0 Å². The molecule has 0 fully saturated rings. The Labute approximate surface area is 94.0 Å². The van der Waals surface area contributed by atoms with Crippen LogP contribution in [0, 0.1) is 5.92 Å². The van der Waals surface area contributed by atoms with Crippen molar-refractivity contribution in [3.05, 3.63) is 0 Å². The summed E-state index contributed by atoms with van der Waals surface area (Å²) in [6.07, 6.45) is 1.01. The SMILES string of the molecule is CCC(C)C(NC(C)C)C(=O)NC(C)C. The molecule has 2 N–H and O–H groups in total. The van der Waals surface area contributed by atoms with E-state index in [1.54, 1.807) is 0 Å². The fraction of sp³-hybridized carbons (Fsp3) is 0.917. The Morgan fingerprint density at radius 3 is 1.93 bits per heavy atom. The third kappa shape index (κ3) is 5.78. The van der Waals surface area contributed by atoms with E-state index in [-0.39, 0.29) is 18.0 Å². The number of nitrogens with one attached hydrogen (secondary N) is 2. The minimum Gasteiger partial charge on any atom is -0.353 e. The highest BCUT2D eigenvalue weighted by Gasteiger charge is 2.24. The van der Waals surface area contributed by atoms with Gasteiger partial charge < -0.3 is 10.6 Å². The molecule has 15 heavy (non-hydrogen) atoms. The monoisotopic (exact) mass is 214 g/mol. The predicted molar refractivity (Wildman–Crippen MR) is 64.8 cm³/mol. The Morgan fingerprint density at radius 1 is 1.07 bits per heavy atom. The van der Waals surface area contributed by atoms with Gasteiger partial charge in [-0.2, -0.15) is 0 Å². The van der Waals surface area contributed by atoms with E-state index in [1.165, 1.54) is 0 Å². The molecule has 0 saturated carbocycles. The van der Waals surface area contributed by atoms with E-state index in [9.17, 15) is 4.79 Å². The lowest BCUT2D eigenvalue weighted by Gasteiger charge is -2.26. The topological polar surface area (TPSA) is 41.1 Å². The Balaban J connectivity index is 4.40. The van der Waals surface area contributed by atoms with Gasteiger partial charge in [-0.05, 0) is 19.8 Å². The molecule has 3 nitrogen and oxygen atoms in total. The zero-order chi connectivity index (χ0) is 12.0. The molecule has 0 saturated heterocycles. The summed E-state index contributed by atoms with van der Waals surface area (Å²) in [6, 6.07) is 0.470. The highest BCUT2D eigenvalue weighted by Crippen LogP contribution is 2.09. The zero-order valence-corrected chi connectivity index (χ0v) is 10.9. The molecular formula is C12H26N2O. The van der Waals surface area contributed by atoms with E-state index in [2.05, 4.69) is 38.3 Å². The maximum atomic E-state index is 11.9. The normalized spacial score (nSPS) is 15.5. The van der Waals surface area contributed by atoms with Crippen molar-refractivity contribution in [1.82, 2.24) is 10.6 Å². The Kier molecular flexibility index (Phi) is 6.57. The Bertz CT molecular complexity index is 190. The second kappa shape index (κ2) is 6.83. The largest absolute Gasteiger partial charge is 0.353 e. The van der Waals surface area contributed by atoms with Crippen molar-refractivity contribution < 1.29 is 4.79 Å². The minimum atomic E-state index is -0.0719. The molecule has 0 aromatic carbocycles. The van der Waals surface area contributed by atoms with Gasteiger partial charge in [-0.25, -0.2) is 0 Å². The lowest BCUT2D eigenvalue weighted by Crippen LogP contribution is -2.51. The fourth-order valence-electron chi connectivity index (χ4n) is 1.47. The molecule has 2 atom stereocenters. The molecule has 1 amide bonds. The minimum absolute atomic E-state index is 0.0719. The van der Waals surface area contributed by atoms with Crippen LogP contribution in [0.3, 0.4) is 0 Å². The molecule has 0 aromatic rings. The van der Waals surface area contributed by atoms with E-state index >= 15 is 0 Å². The molecule has 0 heterocycles. The van der Waals surface area contributed by atoms with E-state index < -0.39 is 0 Å². The average Bonchev–Trinajstić information content (AvgIpc) is 2.11. The van der Waals surface area contributed by atoms with Gasteiger partial charge in [-0.1, -0.05) is 34.1 Å². The summed E-state index contributed by atoms with van der Waals surface area (Å²) in [5.74, 6) is 0.485. The average molecular weight is 214 g/mol. The van der Waals surface area contributed by atoms with E-state index in [0.29, 0.717) is 12.0 Å². The number of hydrogen-bond acceptors (Lipinski definition) is 2. The number of carbonyl (C=O) groups is 1. The Morgan fingerprint density at radius 2 is 1.60 bits per heavy atom. The summed E-state index contributed by atoms with van der Waals surface area (Å²) in [5.41, 5.74) is 0. The molecule has 0 spiro atoms. The van der Waals surface area contributed by atoms with Crippen molar-refractivity contribution >= 4 is 5.91 Å². The first-order valence-electron chi connectivity index (χ1n) is 5.94. The molecular weight excluding hydrogens is 188 g/mol. The standard InChI is InChI=1S/C12H26N2O/c1-7-10(6)11(13-8(2)3)12(15)14-9(4)5/h8-11,13H,7H2,1-6H3,(H,14,15). The first-order valence-corrected chi connectivity index (χ1v) is 5.94. The summed E-state index contributed by atoms with van der Waals surface area (Å²) < 4.78 is 0. The molecule has 0 aromatic heterocycles. The van der Waals surface area contributed by atoms with Crippen molar-refractivity contribution in [2.24, 2.45) is 5.92 Å². The van der Waals surface area contributed by atoms with Gasteiger partial charge in [0, 0.05) is 12.1 Å². The number of carbonyl (C=O) groups excluding carboxylic acids is 1. The summed E-state index contributed by atoms with van der Waals surface area (Å²) in [7, 11) is 0. The van der Waals surface area contributed by atoms with Crippen molar-refractivity contribution in [1.29, 1.82) is 0 Å². The van der Waals surface area contributed by atoms with Crippen molar-refractivity contribution in [3.8, 4) is 0 Å². The van der Waals surface area contributed by atoms with E-state index in [4.69, 9.17) is 0 Å². The van der Waals surface area contributed by atoms with Crippen LogP contribution < -0.4 is 10.6 Å².